The molecule has 1 aliphatic carbocycles. The van der Waals surface area contributed by atoms with Crippen LogP contribution in [0.5, 0.6) is 0 Å². The number of hydrogen-bond acceptors (Lipinski definition) is 6. The van der Waals surface area contributed by atoms with E-state index in [2.05, 4.69) is 16.1 Å². The van der Waals surface area contributed by atoms with Crippen molar-refractivity contribution in [2.75, 3.05) is 11.0 Å². The van der Waals surface area contributed by atoms with Crippen LogP contribution in [0.15, 0.2) is 48.5 Å². The average Bonchev–Trinajstić information content (AvgIpc) is 2.87. The molecule has 2 aromatic carbocycles. The largest absolute Gasteiger partial charge is 0.444 e. The summed E-state index contributed by atoms with van der Waals surface area (Å²) in [6, 6.07) is 15.4. The summed E-state index contributed by atoms with van der Waals surface area (Å²) in [5, 5.41) is 12.7. The van der Waals surface area contributed by atoms with E-state index in [0.717, 1.165) is 48.6 Å². The molecule has 2 N–H and O–H groups in total. The van der Waals surface area contributed by atoms with Crippen LogP contribution in [0.25, 0.3) is 11.1 Å². The van der Waals surface area contributed by atoms with E-state index in [1.165, 1.54) is 0 Å². The van der Waals surface area contributed by atoms with Crippen LogP contribution in [0.2, 0.25) is 0 Å². The van der Waals surface area contributed by atoms with Gasteiger partial charge in [-0.05, 0) is 81.2 Å². The predicted molar refractivity (Wildman–Crippen MR) is 149 cm³/mol. The Hall–Kier alpha value is -3.58. The Morgan fingerprint density at radius 1 is 1.08 bits per heavy atom. The molecule has 39 heavy (non-hydrogen) atoms. The fraction of sp³-hybridized carbons (Fsp3) is 0.483. The van der Waals surface area contributed by atoms with Crippen molar-refractivity contribution in [2.24, 2.45) is 5.92 Å². The third-order valence-corrected chi connectivity index (χ3v) is 7.73. The van der Waals surface area contributed by atoms with Crippen molar-refractivity contribution in [3.05, 3.63) is 54.1 Å². The molecule has 2 heterocycles. The minimum absolute atomic E-state index is 0.0279. The smallest absolute Gasteiger partial charge is 0.411 e. The van der Waals surface area contributed by atoms with Gasteiger partial charge < -0.3 is 10.1 Å². The average molecular weight is 553 g/mol. The van der Waals surface area contributed by atoms with Gasteiger partial charge in [-0.15, -0.1) is 0 Å². The van der Waals surface area contributed by atoms with Crippen LogP contribution >= 0.6 is 0 Å². The number of ether oxygens (including phenoxy) is 1. The zero-order chi connectivity index (χ0) is 28.4. The molecule has 5 rings (SSSR count). The van der Waals surface area contributed by atoms with Crippen LogP contribution in [-0.4, -0.2) is 55.3 Å². The topological polar surface area (TPSA) is 129 Å². The standard InChI is InChI=1S/C29H36N4O5S/c1-29(2,3)38-28(35)33-25-14-12-21(13-15-25)26(33)27(34)31-24(18-30)16-19-8-10-20(11-9-19)22-6-5-7-23(17-22)32-39(4,36)37/h5-11,17,21,24-26,32H,12-16H2,1-4H3,(H,31,34)/t21?,24-,25?,26-/m0/s1. The highest BCUT2D eigenvalue weighted by Gasteiger charge is 2.49. The van der Waals surface area contributed by atoms with Crippen LogP contribution < -0.4 is 10.0 Å². The predicted octanol–water partition coefficient (Wildman–Crippen LogP) is 4.45. The van der Waals surface area contributed by atoms with E-state index >= 15 is 0 Å². The molecule has 9 nitrogen and oxygen atoms in total. The van der Waals surface area contributed by atoms with Gasteiger partial charge in [0.2, 0.25) is 15.9 Å². The maximum absolute atomic E-state index is 13.4. The minimum Gasteiger partial charge on any atom is -0.444 e. The second-order valence-electron chi connectivity index (χ2n) is 11.4. The van der Waals surface area contributed by atoms with Crippen molar-refractivity contribution in [1.82, 2.24) is 10.2 Å². The lowest BCUT2D eigenvalue weighted by molar-refractivity contribution is -0.135. The van der Waals surface area contributed by atoms with Crippen LogP contribution in [-0.2, 0) is 26.0 Å². The van der Waals surface area contributed by atoms with Gasteiger partial charge in [-0.2, -0.15) is 5.26 Å². The summed E-state index contributed by atoms with van der Waals surface area (Å²) in [7, 11) is -3.38. The first-order valence-corrected chi connectivity index (χ1v) is 15.1. The summed E-state index contributed by atoms with van der Waals surface area (Å²) < 4.78 is 31.2. The Kier molecular flexibility index (Phi) is 8.21. The molecule has 2 bridgehead atoms. The van der Waals surface area contributed by atoms with Crippen molar-refractivity contribution in [3.8, 4) is 17.2 Å². The van der Waals surface area contributed by atoms with Gasteiger partial charge in [-0.3, -0.25) is 14.4 Å². The molecule has 0 spiro atoms. The van der Waals surface area contributed by atoms with Gasteiger partial charge in [-0.25, -0.2) is 13.2 Å². The van der Waals surface area contributed by atoms with E-state index in [9.17, 15) is 23.3 Å². The Bertz CT molecular complexity index is 1350. The number of carbonyl (C=O) groups is 2. The molecule has 0 aromatic heterocycles. The van der Waals surface area contributed by atoms with Crippen LogP contribution in [0.1, 0.15) is 52.0 Å². The molecule has 2 aromatic rings. The van der Waals surface area contributed by atoms with Gasteiger partial charge in [0.25, 0.3) is 0 Å². The number of hydrogen-bond donors (Lipinski definition) is 2. The van der Waals surface area contributed by atoms with E-state index in [4.69, 9.17) is 4.74 Å². The number of nitriles is 1. The SMILES string of the molecule is CC(C)(C)OC(=O)N1C2CCC(CC2)[C@H]1C(=O)N[C@H](C#N)Cc1ccc(-c2cccc(NS(C)(=O)=O)c2)cc1. The number of anilines is 1. The second kappa shape index (κ2) is 11.3. The van der Waals surface area contributed by atoms with Gasteiger partial charge in [0.1, 0.15) is 17.7 Å². The molecule has 1 saturated carbocycles. The molecule has 2 atom stereocenters. The van der Waals surface area contributed by atoms with Gasteiger partial charge in [0, 0.05) is 18.2 Å². The quantitative estimate of drug-likeness (QED) is 0.522. The highest BCUT2D eigenvalue weighted by atomic mass is 32.2. The lowest BCUT2D eigenvalue weighted by Crippen LogP contribution is -2.64. The molecule has 0 radical (unpaired) electrons. The molecule has 2 aliphatic heterocycles. The molecule has 3 aliphatic rings. The monoisotopic (exact) mass is 552 g/mol. The van der Waals surface area contributed by atoms with Gasteiger partial charge in [-0.1, -0.05) is 36.4 Å². The van der Waals surface area contributed by atoms with Crippen LogP contribution in [0.3, 0.4) is 0 Å². The molecular weight excluding hydrogens is 516 g/mol. The van der Waals surface area contributed by atoms with Crippen LogP contribution in [0, 0.1) is 17.2 Å². The Labute approximate surface area is 230 Å². The molecule has 2 saturated heterocycles. The number of nitrogens with one attached hydrogen (secondary N) is 2. The van der Waals surface area contributed by atoms with Crippen molar-refractivity contribution in [1.29, 1.82) is 5.26 Å². The number of piperidine rings is 2. The lowest BCUT2D eigenvalue weighted by Gasteiger charge is -2.50. The highest BCUT2D eigenvalue weighted by molar-refractivity contribution is 7.92. The maximum Gasteiger partial charge on any atom is 0.411 e. The lowest BCUT2D eigenvalue weighted by atomic mass is 9.74. The third-order valence-electron chi connectivity index (χ3n) is 7.12. The summed E-state index contributed by atoms with van der Waals surface area (Å²) in [6.07, 6.45) is 4.41. The summed E-state index contributed by atoms with van der Waals surface area (Å²) in [4.78, 5) is 28.1. The summed E-state index contributed by atoms with van der Waals surface area (Å²) >= 11 is 0. The van der Waals surface area contributed by atoms with E-state index in [1.807, 2.05) is 51.1 Å². The zero-order valence-corrected chi connectivity index (χ0v) is 23.6. The zero-order valence-electron chi connectivity index (χ0n) is 22.8. The van der Waals surface area contributed by atoms with Crippen molar-refractivity contribution in [3.63, 3.8) is 0 Å². The molecule has 2 amide bonds. The number of sulfonamides is 1. The van der Waals surface area contributed by atoms with E-state index in [0.29, 0.717) is 12.1 Å². The van der Waals surface area contributed by atoms with E-state index in [-0.39, 0.29) is 17.9 Å². The van der Waals surface area contributed by atoms with Gasteiger partial charge in [0.15, 0.2) is 0 Å². The number of benzene rings is 2. The fourth-order valence-electron chi connectivity index (χ4n) is 5.50. The number of fused-ring (bicyclic) bond motifs is 3. The first kappa shape index (κ1) is 28.4. The minimum atomic E-state index is -3.38. The number of rotatable bonds is 7. The number of nitrogens with zero attached hydrogens (tertiary/aromatic N) is 2. The van der Waals surface area contributed by atoms with Crippen LogP contribution in [0.4, 0.5) is 10.5 Å². The van der Waals surface area contributed by atoms with E-state index in [1.54, 1.807) is 23.1 Å². The molecular formula is C29H36N4O5S. The van der Waals surface area contributed by atoms with Crippen molar-refractivity contribution < 1.29 is 22.7 Å². The number of amides is 2. The Morgan fingerprint density at radius 2 is 1.74 bits per heavy atom. The Morgan fingerprint density at radius 3 is 2.33 bits per heavy atom. The highest BCUT2D eigenvalue weighted by Crippen LogP contribution is 2.40. The van der Waals surface area contributed by atoms with Crippen molar-refractivity contribution >= 4 is 27.7 Å². The fourth-order valence-corrected chi connectivity index (χ4v) is 6.05. The second-order valence-corrected chi connectivity index (χ2v) is 13.2. The number of carbonyl (C=O) groups excluding carboxylic acids is 2. The maximum atomic E-state index is 13.4. The first-order valence-electron chi connectivity index (χ1n) is 13.2. The first-order chi connectivity index (χ1) is 18.3. The third kappa shape index (κ3) is 7.30. The van der Waals surface area contributed by atoms with Crippen molar-refractivity contribution in [2.45, 2.75) is 76.6 Å². The van der Waals surface area contributed by atoms with E-state index < -0.39 is 33.8 Å². The normalized spacial score (nSPS) is 21.5. The van der Waals surface area contributed by atoms with Gasteiger partial charge in [0.05, 0.1) is 12.3 Å². The molecule has 10 heteroatoms. The summed E-state index contributed by atoms with van der Waals surface area (Å²) in [5.41, 5.74) is 2.41. The molecule has 3 fully saturated rings. The van der Waals surface area contributed by atoms with Gasteiger partial charge >= 0.3 is 6.09 Å². The summed E-state index contributed by atoms with van der Waals surface area (Å²) in [6.45, 7) is 5.42. The molecule has 0 unspecified atom stereocenters. The summed E-state index contributed by atoms with van der Waals surface area (Å²) in [5.74, 6) is -0.261. The molecule has 208 valence electrons. The Balaban J connectivity index is 1.44.